The topological polar surface area (TPSA) is 55.8 Å². The van der Waals surface area contributed by atoms with E-state index in [1.807, 2.05) is 23.6 Å². The quantitative estimate of drug-likeness (QED) is 0.398. The number of rotatable bonds is 10. The average molecular weight is 494 g/mol. The molecular weight excluding hydrogens is 468 g/mol. The van der Waals surface area contributed by atoms with E-state index >= 15 is 0 Å². The molecule has 176 valence electrons. The lowest BCUT2D eigenvalue weighted by Crippen LogP contribution is -2.37. The van der Waals surface area contributed by atoms with Crippen LogP contribution in [0.4, 0.5) is 8.78 Å². The summed E-state index contributed by atoms with van der Waals surface area (Å²) in [4.78, 5) is 0.673. The van der Waals surface area contributed by atoms with Crippen molar-refractivity contribution in [2.24, 2.45) is 0 Å². The Bertz CT molecular complexity index is 1160. The first-order valence-corrected chi connectivity index (χ1v) is 13.0. The fraction of sp³-hybridized carbons (Fsp3) is 0.333. The van der Waals surface area contributed by atoms with Gasteiger partial charge in [0.05, 0.1) is 12.7 Å². The van der Waals surface area contributed by atoms with Crippen LogP contribution >= 0.6 is 11.3 Å². The Hall–Kier alpha value is -2.33. The Morgan fingerprint density at radius 1 is 1.12 bits per heavy atom. The van der Waals surface area contributed by atoms with Gasteiger partial charge in [0.1, 0.15) is 22.3 Å². The van der Waals surface area contributed by atoms with Crippen molar-refractivity contribution in [2.75, 3.05) is 19.8 Å². The second-order valence-corrected chi connectivity index (χ2v) is 10.8. The lowest BCUT2D eigenvalue weighted by atomic mass is 10.2. The van der Waals surface area contributed by atoms with E-state index < -0.39 is 26.6 Å². The summed E-state index contributed by atoms with van der Waals surface area (Å²) in [5.41, 5.74) is 0.702. The molecule has 1 aromatic heterocycles. The first kappa shape index (κ1) is 23.8. The van der Waals surface area contributed by atoms with Crippen molar-refractivity contribution in [3.05, 3.63) is 82.1 Å². The van der Waals surface area contributed by atoms with Crippen LogP contribution in [0.15, 0.2) is 64.9 Å². The summed E-state index contributed by atoms with van der Waals surface area (Å²) in [6.45, 7) is 1.17. The van der Waals surface area contributed by atoms with Crippen LogP contribution in [0.25, 0.3) is 0 Å². The van der Waals surface area contributed by atoms with Gasteiger partial charge in [-0.25, -0.2) is 17.2 Å². The molecule has 1 aliphatic rings. The van der Waals surface area contributed by atoms with Crippen LogP contribution in [0.3, 0.4) is 0 Å². The van der Waals surface area contributed by atoms with Gasteiger partial charge in [0.25, 0.3) is 0 Å². The monoisotopic (exact) mass is 493 g/mol. The molecule has 5 nitrogen and oxygen atoms in total. The second-order valence-electron chi connectivity index (χ2n) is 7.83. The van der Waals surface area contributed by atoms with E-state index in [9.17, 15) is 17.2 Å². The molecule has 33 heavy (non-hydrogen) atoms. The standard InChI is InChI=1S/C24H25F2NO4S2/c25-19-8-9-24(23(26)15-19)33(28,29)27(17-21-6-2-11-30-21)16-18-4-1-5-20(14-18)31-12-10-22-7-3-13-32-22/h1,3-5,7-9,13-15,21H,2,6,10-12,16-17H2. The summed E-state index contributed by atoms with van der Waals surface area (Å²) in [5, 5.41) is 2.02. The first-order valence-electron chi connectivity index (χ1n) is 10.7. The predicted octanol–water partition coefficient (Wildman–Crippen LogP) is 5.02. The Morgan fingerprint density at radius 2 is 2.00 bits per heavy atom. The molecule has 0 spiro atoms. The zero-order valence-corrected chi connectivity index (χ0v) is 19.6. The summed E-state index contributed by atoms with van der Waals surface area (Å²) in [6.07, 6.45) is 2.08. The van der Waals surface area contributed by atoms with Crippen molar-refractivity contribution >= 4 is 21.4 Å². The van der Waals surface area contributed by atoms with Gasteiger partial charge >= 0.3 is 0 Å². The molecule has 9 heteroatoms. The van der Waals surface area contributed by atoms with Crippen LogP contribution in [0.5, 0.6) is 5.75 Å². The molecular formula is C24H25F2NO4S2. The minimum absolute atomic E-state index is 0.0150. The fourth-order valence-corrected chi connectivity index (χ4v) is 5.94. The zero-order chi connectivity index (χ0) is 23.3. The molecule has 0 N–H and O–H groups in total. The van der Waals surface area contributed by atoms with Crippen molar-refractivity contribution in [2.45, 2.75) is 36.8 Å². The number of halogens is 2. The largest absolute Gasteiger partial charge is 0.493 e. The van der Waals surface area contributed by atoms with Gasteiger partial charge < -0.3 is 9.47 Å². The molecule has 4 rings (SSSR count). The van der Waals surface area contributed by atoms with Crippen LogP contribution in [-0.2, 0) is 27.7 Å². The molecule has 0 amide bonds. The summed E-state index contributed by atoms with van der Waals surface area (Å²) < 4.78 is 67.1. The molecule has 3 aromatic rings. The Kier molecular flexibility index (Phi) is 7.75. The molecule has 1 fully saturated rings. The highest BCUT2D eigenvalue weighted by molar-refractivity contribution is 7.89. The predicted molar refractivity (Wildman–Crippen MR) is 123 cm³/mol. The van der Waals surface area contributed by atoms with Crippen LogP contribution in [0.1, 0.15) is 23.3 Å². The molecule has 1 unspecified atom stereocenters. The average Bonchev–Trinajstić information content (AvgIpc) is 3.48. The summed E-state index contributed by atoms with van der Waals surface area (Å²) >= 11 is 1.67. The Balaban J connectivity index is 1.52. The summed E-state index contributed by atoms with van der Waals surface area (Å²) in [5.74, 6) is -1.31. The van der Waals surface area contributed by atoms with E-state index in [0.717, 1.165) is 31.4 Å². The van der Waals surface area contributed by atoms with Gasteiger partial charge in [-0.3, -0.25) is 0 Å². The highest BCUT2D eigenvalue weighted by atomic mass is 32.2. The van der Waals surface area contributed by atoms with Gasteiger partial charge in [0.15, 0.2) is 0 Å². The maximum Gasteiger partial charge on any atom is 0.246 e. The van der Waals surface area contributed by atoms with Crippen molar-refractivity contribution < 1.29 is 26.7 Å². The molecule has 1 aliphatic heterocycles. The van der Waals surface area contributed by atoms with E-state index in [2.05, 4.69) is 0 Å². The summed E-state index contributed by atoms with van der Waals surface area (Å²) in [6, 6.07) is 13.7. The third kappa shape index (κ3) is 6.17. The fourth-order valence-electron chi connectivity index (χ4n) is 3.75. The number of ether oxygens (including phenoxy) is 2. The molecule has 2 aromatic carbocycles. The minimum atomic E-state index is -4.22. The normalized spacial score (nSPS) is 16.4. The second kappa shape index (κ2) is 10.7. The maximum atomic E-state index is 14.4. The number of nitrogens with zero attached hydrogens (tertiary/aromatic N) is 1. The van der Waals surface area contributed by atoms with Gasteiger partial charge in [0, 0.05) is 37.1 Å². The molecule has 1 saturated heterocycles. The highest BCUT2D eigenvalue weighted by Crippen LogP contribution is 2.26. The van der Waals surface area contributed by atoms with E-state index in [0.29, 0.717) is 30.6 Å². The third-order valence-corrected chi connectivity index (χ3v) is 8.18. The Morgan fingerprint density at radius 3 is 2.73 bits per heavy atom. The van der Waals surface area contributed by atoms with Crippen LogP contribution in [-0.4, -0.2) is 38.6 Å². The van der Waals surface area contributed by atoms with Crippen LogP contribution in [0.2, 0.25) is 0 Å². The Labute approximate surface area is 196 Å². The van der Waals surface area contributed by atoms with E-state index in [4.69, 9.17) is 9.47 Å². The molecule has 2 heterocycles. The molecule has 0 saturated carbocycles. The highest BCUT2D eigenvalue weighted by Gasteiger charge is 2.31. The number of hydrogen-bond acceptors (Lipinski definition) is 5. The zero-order valence-electron chi connectivity index (χ0n) is 18.0. The van der Waals surface area contributed by atoms with Crippen molar-refractivity contribution in [3.8, 4) is 5.75 Å². The third-order valence-electron chi connectivity index (χ3n) is 5.40. The minimum Gasteiger partial charge on any atom is -0.493 e. The SMILES string of the molecule is O=S(=O)(c1ccc(F)cc1F)N(Cc1cccc(OCCc2cccs2)c1)CC1CCCO1. The van der Waals surface area contributed by atoms with Gasteiger partial charge in [-0.2, -0.15) is 4.31 Å². The smallest absolute Gasteiger partial charge is 0.246 e. The van der Waals surface area contributed by atoms with Gasteiger partial charge in [0.2, 0.25) is 10.0 Å². The van der Waals surface area contributed by atoms with Gasteiger partial charge in [-0.05, 0) is 54.1 Å². The first-order chi connectivity index (χ1) is 15.9. The molecule has 1 atom stereocenters. The van der Waals surface area contributed by atoms with E-state index in [1.165, 1.54) is 9.18 Å². The molecule has 0 aliphatic carbocycles. The maximum absolute atomic E-state index is 14.4. The van der Waals surface area contributed by atoms with E-state index in [-0.39, 0.29) is 19.2 Å². The van der Waals surface area contributed by atoms with E-state index in [1.54, 1.807) is 29.5 Å². The lowest BCUT2D eigenvalue weighted by Gasteiger charge is -2.25. The number of thiophene rings is 1. The lowest BCUT2D eigenvalue weighted by molar-refractivity contribution is 0.0925. The van der Waals surface area contributed by atoms with Crippen LogP contribution in [0, 0.1) is 11.6 Å². The summed E-state index contributed by atoms with van der Waals surface area (Å²) in [7, 11) is -4.22. The van der Waals surface area contributed by atoms with Crippen molar-refractivity contribution in [1.29, 1.82) is 0 Å². The van der Waals surface area contributed by atoms with Gasteiger partial charge in [-0.1, -0.05) is 18.2 Å². The van der Waals surface area contributed by atoms with Crippen molar-refractivity contribution in [1.82, 2.24) is 4.31 Å². The van der Waals surface area contributed by atoms with Crippen molar-refractivity contribution in [3.63, 3.8) is 0 Å². The number of sulfonamides is 1. The molecule has 0 radical (unpaired) electrons. The number of benzene rings is 2. The van der Waals surface area contributed by atoms with Gasteiger partial charge in [-0.15, -0.1) is 11.3 Å². The molecule has 0 bridgehead atoms. The van der Waals surface area contributed by atoms with Crippen LogP contribution < -0.4 is 4.74 Å². The number of hydrogen-bond donors (Lipinski definition) is 0.